The van der Waals surface area contributed by atoms with Crippen molar-refractivity contribution in [3.63, 3.8) is 0 Å². The summed E-state index contributed by atoms with van der Waals surface area (Å²) in [6.45, 7) is 5.04. The van der Waals surface area contributed by atoms with E-state index in [0.29, 0.717) is 31.8 Å². The maximum absolute atomic E-state index is 12.6. The zero-order chi connectivity index (χ0) is 14.2. The van der Waals surface area contributed by atoms with E-state index in [1.165, 1.54) is 8.61 Å². The number of carboxylic acids is 1. The van der Waals surface area contributed by atoms with Crippen LogP contribution >= 0.6 is 0 Å². The van der Waals surface area contributed by atoms with Gasteiger partial charge in [-0.15, -0.1) is 0 Å². The summed E-state index contributed by atoms with van der Waals surface area (Å²) in [5, 5.41) is 9.05. The lowest BCUT2D eigenvalue weighted by Crippen LogP contribution is -2.50. The first-order valence-electron chi connectivity index (χ1n) is 6.82. The van der Waals surface area contributed by atoms with Crippen LogP contribution in [0.4, 0.5) is 0 Å². The number of hydrogen-bond donors (Lipinski definition) is 1. The second-order valence-corrected chi connectivity index (χ2v) is 7.68. The number of rotatable bonds is 3. The van der Waals surface area contributed by atoms with Gasteiger partial charge in [0.1, 0.15) is 0 Å². The molecule has 3 atom stereocenters. The van der Waals surface area contributed by atoms with Crippen molar-refractivity contribution in [2.45, 2.75) is 39.2 Å². The summed E-state index contributed by atoms with van der Waals surface area (Å²) in [6.07, 6.45) is 2.05. The molecule has 19 heavy (non-hydrogen) atoms. The van der Waals surface area contributed by atoms with Gasteiger partial charge < -0.3 is 5.11 Å². The van der Waals surface area contributed by atoms with E-state index in [1.54, 1.807) is 0 Å². The lowest BCUT2D eigenvalue weighted by atomic mass is 10.0. The van der Waals surface area contributed by atoms with Gasteiger partial charge in [0.25, 0.3) is 10.2 Å². The van der Waals surface area contributed by atoms with Crippen molar-refractivity contribution in [1.29, 1.82) is 0 Å². The molecular formula is C12H22N2O4S. The van der Waals surface area contributed by atoms with Crippen molar-refractivity contribution in [2.75, 3.05) is 19.6 Å². The molecule has 0 saturated carbocycles. The van der Waals surface area contributed by atoms with Crippen molar-refractivity contribution < 1.29 is 18.3 Å². The third-order valence-corrected chi connectivity index (χ3v) is 6.17. The molecular weight excluding hydrogens is 268 g/mol. The maximum Gasteiger partial charge on any atom is 0.307 e. The topological polar surface area (TPSA) is 77.9 Å². The highest BCUT2D eigenvalue weighted by atomic mass is 32.2. The van der Waals surface area contributed by atoms with Crippen LogP contribution in [0.15, 0.2) is 0 Å². The van der Waals surface area contributed by atoms with E-state index in [1.807, 2.05) is 13.8 Å². The summed E-state index contributed by atoms with van der Waals surface area (Å²) in [4.78, 5) is 11.0. The minimum absolute atomic E-state index is 0.00482. The Balaban J connectivity index is 2.13. The molecule has 2 aliphatic rings. The van der Waals surface area contributed by atoms with Gasteiger partial charge in [-0.05, 0) is 32.1 Å². The van der Waals surface area contributed by atoms with E-state index in [-0.39, 0.29) is 12.6 Å². The van der Waals surface area contributed by atoms with Crippen LogP contribution in [0.5, 0.6) is 0 Å². The first-order chi connectivity index (χ1) is 8.82. The molecule has 110 valence electrons. The molecule has 0 amide bonds. The van der Waals surface area contributed by atoms with Crippen LogP contribution in [0.2, 0.25) is 0 Å². The predicted octanol–water partition coefficient (Wildman–Crippen LogP) is 0.758. The molecule has 7 heteroatoms. The minimum atomic E-state index is -3.51. The fraction of sp³-hybridized carbons (Fsp3) is 0.917. The zero-order valence-corrected chi connectivity index (χ0v) is 12.3. The Morgan fingerprint density at radius 1 is 1.26 bits per heavy atom. The van der Waals surface area contributed by atoms with Gasteiger partial charge in [0, 0.05) is 25.7 Å². The van der Waals surface area contributed by atoms with Crippen LogP contribution in [0.1, 0.15) is 33.1 Å². The maximum atomic E-state index is 12.6. The normalized spacial score (nSPS) is 34.5. The van der Waals surface area contributed by atoms with E-state index < -0.39 is 22.1 Å². The largest absolute Gasteiger partial charge is 0.481 e. The second kappa shape index (κ2) is 5.38. The number of piperidine rings is 1. The van der Waals surface area contributed by atoms with Gasteiger partial charge in [0.2, 0.25) is 0 Å². The van der Waals surface area contributed by atoms with Crippen molar-refractivity contribution in [1.82, 2.24) is 8.61 Å². The van der Waals surface area contributed by atoms with Crippen molar-refractivity contribution >= 4 is 16.2 Å². The summed E-state index contributed by atoms with van der Waals surface area (Å²) < 4.78 is 28.0. The fourth-order valence-corrected chi connectivity index (χ4v) is 5.09. The summed E-state index contributed by atoms with van der Waals surface area (Å²) >= 11 is 0. The third-order valence-electron chi connectivity index (χ3n) is 4.08. The molecule has 2 fully saturated rings. The molecule has 0 aliphatic carbocycles. The lowest BCUT2D eigenvalue weighted by Gasteiger charge is -2.34. The fourth-order valence-electron chi connectivity index (χ4n) is 3.08. The van der Waals surface area contributed by atoms with E-state index in [0.717, 1.165) is 6.42 Å². The Morgan fingerprint density at radius 3 is 2.47 bits per heavy atom. The van der Waals surface area contributed by atoms with Gasteiger partial charge in [-0.1, -0.05) is 6.92 Å². The third kappa shape index (κ3) is 2.93. The molecule has 0 aromatic heterocycles. The van der Waals surface area contributed by atoms with Gasteiger partial charge in [0.15, 0.2) is 0 Å². The van der Waals surface area contributed by atoms with Gasteiger partial charge in [-0.2, -0.15) is 17.0 Å². The molecule has 2 rings (SSSR count). The first kappa shape index (κ1) is 14.7. The van der Waals surface area contributed by atoms with Crippen LogP contribution in [0.3, 0.4) is 0 Å². The Kier molecular flexibility index (Phi) is 4.17. The number of carboxylic acid groups (broad SMARTS) is 1. The summed E-state index contributed by atoms with van der Waals surface area (Å²) in [7, 11) is -3.51. The van der Waals surface area contributed by atoms with Crippen molar-refractivity contribution in [3.05, 3.63) is 0 Å². The quantitative estimate of drug-likeness (QED) is 0.832. The van der Waals surface area contributed by atoms with E-state index in [2.05, 4.69) is 0 Å². The standard InChI is InChI=1S/C12H22N2O4S/c1-9-6-10(2)14(7-9)19(17,18)13-5-3-4-11(8-13)12(15)16/h9-11H,3-8H2,1-2H3,(H,15,16). The van der Waals surface area contributed by atoms with Gasteiger partial charge in [-0.25, -0.2) is 0 Å². The molecule has 0 aromatic rings. The molecule has 2 aliphatic heterocycles. The Labute approximate surface area is 114 Å². The first-order valence-corrected chi connectivity index (χ1v) is 8.21. The van der Waals surface area contributed by atoms with Crippen LogP contribution in [0, 0.1) is 11.8 Å². The van der Waals surface area contributed by atoms with Crippen LogP contribution in [-0.4, -0.2) is 53.8 Å². The smallest absolute Gasteiger partial charge is 0.307 e. The summed E-state index contributed by atoms with van der Waals surface area (Å²) in [5.74, 6) is -1.11. The lowest BCUT2D eigenvalue weighted by molar-refractivity contribution is -0.142. The Bertz CT molecular complexity index is 451. The molecule has 2 heterocycles. The van der Waals surface area contributed by atoms with E-state index in [9.17, 15) is 13.2 Å². The molecule has 0 spiro atoms. The highest BCUT2D eigenvalue weighted by Gasteiger charge is 2.41. The SMILES string of the molecule is CC1CC(C)N(S(=O)(=O)N2CCCC(C(=O)O)C2)C1. The number of carbonyl (C=O) groups is 1. The Morgan fingerprint density at radius 2 is 1.95 bits per heavy atom. The van der Waals surface area contributed by atoms with E-state index >= 15 is 0 Å². The molecule has 3 unspecified atom stereocenters. The average molecular weight is 290 g/mol. The van der Waals surface area contributed by atoms with Crippen molar-refractivity contribution in [2.24, 2.45) is 11.8 Å². The van der Waals surface area contributed by atoms with Crippen LogP contribution in [0.25, 0.3) is 0 Å². The van der Waals surface area contributed by atoms with Crippen LogP contribution in [-0.2, 0) is 15.0 Å². The molecule has 0 aromatic carbocycles. The number of hydrogen-bond acceptors (Lipinski definition) is 3. The van der Waals surface area contributed by atoms with Gasteiger partial charge in [-0.3, -0.25) is 4.79 Å². The van der Waals surface area contributed by atoms with E-state index in [4.69, 9.17) is 5.11 Å². The highest BCUT2D eigenvalue weighted by Crippen LogP contribution is 2.29. The minimum Gasteiger partial charge on any atom is -0.481 e. The highest BCUT2D eigenvalue weighted by molar-refractivity contribution is 7.86. The Hall–Kier alpha value is -0.660. The second-order valence-electron chi connectivity index (χ2n) is 5.80. The van der Waals surface area contributed by atoms with Crippen LogP contribution < -0.4 is 0 Å². The number of aliphatic carboxylic acids is 1. The molecule has 2 saturated heterocycles. The van der Waals surface area contributed by atoms with Crippen molar-refractivity contribution in [3.8, 4) is 0 Å². The average Bonchev–Trinajstić information content (AvgIpc) is 2.69. The number of nitrogens with zero attached hydrogens (tertiary/aromatic N) is 2. The zero-order valence-electron chi connectivity index (χ0n) is 11.4. The summed E-state index contributed by atoms with van der Waals surface area (Å²) in [6, 6.07) is 0.00482. The summed E-state index contributed by atoms with van der Waals surface area (Å²) in [5.41, 5.74) is 0. The molecule has 6 nitrogen and oxygen atoms in total. The van der Waals surface area contributed by atoms with Gasteiger partial charge in [0.05, 0.1) is 5.92 Å². The van der Waals surface area contributed by atoms with Gasteiger partial charge >= 0.3 is 5.97 Å². The predicted molar refractivity (Wildman–Crippen MR) is 70.8 cm³/mol. The molecule has 1 N–H and O–H groups in total. The molecule has 0 bridgehead atoms. The monoisotopic (exact) mass is 290 g/mol. The molecule has 0 radical (unpaired) electrons.